The molecule has 0 amide bonds. The van der Waals surface area contributed by atoms with E-state index in [0.29, 0.717) is 5.41 Å². The molecule has 108 valence electrons. The summed E-state index contributed by atoms with van der Waals surface area (Å²) in [6.45, 7) is 11.8. The molecule has 0 aromatic carbocycles. The number of aryl methyl sites for hydroxylation is 1. The zero-order chi connectivity index (χ0) is 14.0. The van der Waals surface area contributed by atoms with E-state index in [-0.39, 0.29) is 0 Å². The molecule has 0 unspecified atom stereocenters. The first-order valence-electron chi connectivity index (χ1n) is 7.33. The van der Waals surface area contributed by atoms with E-state index >= 15 is 0 Å². The van der Waals surface area contributed by atoms with Gasteiger partial charge in [0.2, 0.25) is 0 Å². The lowest BCUT2D eigenvalue weighted by Crippen LogP contribution is -2.28. The van der Waals surface area contributed by atoms with E-state index in [1.54, 1.807) is 0 Å². The van der Waals surface area contributed by atoms with Gasteiger partial charge in [0.05, 0.1) is 6.54 Å². The smallest absolute Gasteiger partial charge is 0.118 e. The molecule has 1 aliphatic rings. The van der Waals surface area contributed by atoms with Crippen LogP contribution in [0.5, 0.6) is 0 Å². The summed E-state index contributed by atoms with van der Waals surface area (Å²) in [6, 6.07) is 2.96. The Labute approximate surface area is 117 Å². The van der Waals surface area contributed by atoms with Crippen molar-refractivity contribution >= 4 is 0 Å². The highest BCUT2D eigenvalue weighted by Gasteiger charge is 2.21. The first-order valence-corrected chi connectivity index (χ1v) is 7.33. The second-order valence-corrected chi connectivity index (χ2v) is 7.18. The van der Waals surface area contributed by atoms with Crippen LogP contribution in [0.1, 0.15) is 50.7 Å². The van der Waals surface area contributed by atoms with Gasteiger partial charge in [0.15, 0.2) is 0 Å². The highest BCUT2D eigenvalue weighted by atomic mass is 16.3. The van der Waals surface area contributed by atoms with Crippen LogP contribution in [0.25, 0.3) is 0 Å². The summed E-state index contributed by atoms with van der Waals surface area (Å²) in [6.07, 6.45) is 2.66. The number of furan rings is 1. The lowest BCUT2D eigenvalue weighted by atomic mass is 9.96. The predicted octanol–water partition coefficient (Wildman–Crippen LogP) is 3.32. The molecule has 0 radical (unpaired) electrons. The Morgan fingerprint density at radius 3 is 2.63 bits per heavy atom. The summed E-state index contributed by atoms with van der Waals surface area (Å²) in [5.41, 5.74) is 1.64. The third-order valence-electron chi connectivity index (χ3n) is 3.40. The molecule has 1 aromatic rings. The maximum absolute atomic E-state index is 5.87. The van der Waals surface area contributed by atoms with Crippen molar-refractivity contribution in [3.8, 4) is 0 Å². The molecule has 1 fully saturated rings. The van der Waals surface area contributed by atoms with E-state index in [9.17, 15) is 0 Å². The SMILES string of the molecule is Cc1oc(CN(C)CC(C)(C)C)cc1CNC1CC1. The topological polar surface area (TPSA) is 28.4 Å². The van der Waals surface area contributed by atoms with Crippen LogP contribution in [0.15, 0.2) is 10.5 Å². The van der Waals surface area contributed by atoms with Crippen LogP contribution in [-0.4, -0.2) is 24.5 Å². The molecule has 1 aromatic heterocycles. The molecule has 1 saturated carbocycles. The fourth-order valence-corrected chi connectivity index (χ4v) is 2.51. The fourth-order valence-electron chi connectivity index (χ4n) is 2.51. The van der Waals surface area contributed by atoms with Crippen molar-refractivity contribution in [2.24, 2.45) is 5.41 Å². The van der Waals surface area contributed by atoms with Gasteiger partial charge in [0.1, 0.15) is 11.5 Å². The van der Waals surface area contributed by atoms with Gasteiger partial charge in [-0.25, -0.2) is 0 Å². The summed E-state index contributed by atoms with van der Waals surface area (Å²) in [4.78, 5) is 2.33. The third-order valence-corrected chi connectivity index (χ3v) is 3.40. The standard InChI is InChI=1S/C16H28N2O/c1-12-13(9-17-14-6-7-14)8-15(19-12)10-18(5)11-16(2,3)4/h8,14,17H,6-7,9-11H2,1-5H3. The highest BCUT2D eigenvalue weighted by Crippen LogP contribution is 2.22. The van der Waals surface area contributed by atoms with Crippen molar-refractivity contribution < 1.29 is 4.42 Å². The second kappa shape index (κ2) is 5.68. The van der Waals surface area contributed by atoms with Crippen LogP contribution >= 0.6 is 0 Å². The molecule has 19 heavy (non-hydrogen) atoms. The summed E-state index contributed by atoms with van der Waals surface area (Å²) in [5.74, 6) is 2.14. The maximum Gasteiger partial charge on any atom is 0.118 e. The van der Waals surface area contributed by atoms with Crippen molar-refractivity contribution in [2.45, 2.75) is 59.7 Å². The van der Waals surface area contributed by atoms with E-state index < -0.39 is 0 Å². The highest BCUT2D eigenvalue weighted by molar-refractivity contribution is 5.21. The molecule has 0 spiro atoms. The monoisotopic (exact) mass is 264 g/mol. The Morgan fingerprint density at radius 1 is 1.37 bits per heavy atom. The van der Waals surface area contributed by atoms with Gasteiger partial charge >= 0.3 is 0 Å². The maximum atomic E-state index is 5.87. The Hall–Kier alpha value is -0.800. The van der Waals surface area contributed by atoms with Gasteiger partial charge in [-0.05, 0) is 38.3 Å². The van der Waals surface area contributed by atoms with Crippen LogP contribution in [0.4, 0.5) is 0 Å². The predicted molar refractivity (Wildman–Crippen MR) is 79.1 cm³/mol. The van der Waals surface area contributed by atoms with E-state index in [1.165, 1.54) is 18.4 Å². The summed E-state index contributed by atoms with van der Waals surface area (Å²) < 4.78 is 5.87. The minimum atomic E-state index is 0.326. The molecule has 0 bridgehead atoms. The van der Waals surface area contributed by atoms with Crippen molar-refractivity contribution in [1.29, 1.82) is 0 Å². The number of rotatable bonds is 6. The third kappa shape index (κ3) is 5.00. The molecular formula is C16H28N2O. The molecule has 3 nitrogen and oxygen atoms in total. The van der Waals surface area contributed by atoms with Gasteiger partial charge in [0, 0.05) is 24.7 Å². The van der Waals surface area contributed by atoms with E-state index in [0.717, 1.165) is 37.2 Å². The van der Waals surface area contributed by atoms with Gasteiger partial charge in [-0.15, -0.1) is 0 Å². The van der Waals surface area contributed by atoms with Gasteiger partial charge in [-0.1, -0.05) is 20.8 Å². The Kier molecular flexibility index (Phi) is 4.36. The van der Waals surface area contributed by atoms with Crippen LogP contribution < -0.4 is 5.32 Å². The summed E-state index contributed by atoms with van der Waals surface area (Å²) >= 11 is 0. The number of hydrogen-bond donors (Lipinski definition) is 1. The lowest BCUT2D eigenvalue weighted by molar-refractivity contribution is 0.207. The number of nitrogens with one attached hydrogen (secondary N) is 1. The van der Waals surface area contributed by atoms with Crippen molar-refractivity contribution in [2.75, 3.05) is 13.6 Å². The van der Waals surface area contributed by atoms with Gasteiger partial charge < -0.3 is 9.73 Å². The molecule has 1 aliphatic carbocycles. The van der Waals surface area contributed by atoms with Gasteiger partial charge in [0.25, 0.3) is 0 Å². The minimum Gasteiger partial charge on any atom is -0.465 e. The first-order chi connectivity index (χ1) is 8.83. The number of hydrogen-bond acceptors (Lipinski definition) is 3. The van der Waals surface area contributed by atoms with Crippen LogP contribution in [0, 0.1) is 12.3 Å². The van der Waals surface area contributed by atoms with Crippen LogP contribution in [0.2, 0.25) is 0 Å². The average Bonchev–Trinajstić information content (AvgIpc) is 2.99. The molecule has 3 heteroatoms. The van der Waals surface area contributed by atoms with Crippen molar-refractivity contribution in [1.82, 2.24) is 10.2 Å². The fraction of sp³-hybridized carbons (Fsp3) is 0.750. The summed E-state index contributed by atoms with van der Waals surface area (Å²) in [7, 11) is 2.16. The van der Waals surface area contributed by atoms with Crippen LogP contribution in [0.3, 0.4) is 0 Å². The first kappa shape index (κ1) is 14.6. The van der Waals surface area contributed by atoms with Gasteiger partial charge in [-0.2, -0.15) is 0 Å². The molecule has 0 atom stereocenters. The zero-order valence-electron chi connectivity index (χ0n) is 13.0. The molecule has 0 aliphatic heterocycles. The Morgan fingerprint density at radius 2 is 2.05 bits per heavy atom. The van der Waals surface area contributed by atoms with E-state index in [1.807, 2.05) is 0 Å². The van der Waals surface area contributed by atoms with Crippen LogP contribution in [-0.2, 0) is 13.1 Å². The second-order valence-electron chi connectivity index (χ2n) is 7.18. The molecule has 1 heterocycles. The van der Waals surface area contributed by atoms with Crippen molar-refractivity contribution in [3.05, 3.63) is 23.2 Å². The van der Waals surface area contributed by atoms with E-state index in [2.05, 4.69) is 51.0 Å². The normalized spacial score (nSPS) is 16.3. The average molecular weight is 264 g/mol. The quantitative estimate of drug-likeness (QED) is 0.854. The molecule has 2 rings (SSSR count). The molecular weight excluding hydrogens is 236 g/mol. The number of nitrogens with zero attached hydrogens (tertiary/aromatic N) is 1. The van der Waals surface area contributed by atoms with Gasteiger partial charge in [-0.3, -0.25) is 4.90 Å². The Balaban J connectivity index is 1.87. The zero-order valence-corrected chi connectivity index (χ0v) is 13.0. The Bertz CT molecular complexity index is 413. The minimum absolute atomic E-state index is 0.326. The molecule has 0 saturated heterocycles. The van der Waals surface area contributed by atoms with Crippen molar-refractivity contribution in [3.63, 3.8) is 0 Å². The van der Waals surface area contributed by atoms with E-state index in [4.69, 9.17) is 4.42 Å². The lowest BCUT2D eigenvalue weighted by Gasteiger charge is -2.25. The molecule has 1 N–H and O–H groups in total. The largest absolute Gasteiger partial charge is 0.465 e. The summed E-state index contributed by atoms with van der Waals surface area (Å²) in [5, 5.41) is 3.54.